The number of nitrogens with zero attached hydrogens (tertiary/aromatic N) is 2. The number of carboxylic acids is 1. The zero-order valence-corrected chi connectivity index (χ0v) is 11.4. The number of rotatable bonds is 3. The molecule has 0 bridgehead atoms. The Labute approximate surface area is 119 Å². The minimum atomic E-state index is -1.32. The Morgan fingerprint density at radius 1 is 1.29 bits per heavy atom. The summed E-state index contributed by atoms with van der Waals surface area (Å²) in [6.07, 6.45) is 3.99. The summed E-state index contributed by atoms with van der Waals surface area (Å²) in [5, 5.41) is 9.26. The molecule has 2 heterocycles. The van der Waals surface area contributed by atoms with Gasteiger partial charge in [-0.3, -0.25) is 9.78 Å². The first-order valence-electron chi connectivity index (χ1n) is 5.93. The Morgan fingerprint density at radius 3 is 2.43 bits per heavy atom. The standard InChI is InChI=1S/C14H12N2O5/c1-16-7-9(13(18)19)11(14(20)21-2)10(12(16)17)8-3-5-15-6-4-8/h3-7H,1-2H3,(H,18,19). The smallest absolute Gasteiger partial charge is 0.339 e. The summed E-state index contributed by atoms with van der Waals surface area (Å²) in [5.74, 6) is -2.20. The van der Waals surface area contributed by atoms with E-state index in [0.717, 1.165) is 17.9 Å². The number of hydrogen-bond acceptors (Lipinski definition) is 5. The molecule has 0 saturated carbocycles. The second-order valence-electron chi connectivity index (χ2n) is 4.24. The highest BCUT2D eigenvalue weighted by Crippen LogP contribution is 2.23. The summed E-state index contributed by atoms with van der Waals surface area (Å²) in [6, 6.07) is 3.05. The maximum absolute atomic E-state index is 12.3. The topological polar surface area (TPSA) is 98.5 Å². The van der Waals surface area contributed by atoms with Crippen LogP contribution in [0, 0.1) is 0 Å². The van der Waals surface area contributed by atoms with Gasteiger partial charge in [-0.2, -0.15) is 0 Å². The van der Waals surface area contributed by atoms with Gasteiger partial charge in [-0.1, -0.05) is 0 Å². The Balaban J connectivity index is 2.93. The number of carbonyl (C=O) groups is 2. The molecule has 0 aliphatic heterocycles. The second-order valence-corrected chi connectivity index (χ2v) is 4.24. The number of carbonyl (C=O) groups excluding carboxylic acids is 1. The van der Waals surface area contributed by atoms with E-state index in [0.29, 0.717) is 5.56 Å². The lowest BCUT2D eigenvalue weighted by Crippen LogP contribution is -2.26. The van der Waals surface area contributed by atoms with Crippen molar-refractivity contribution in [2.75, 3.05) is 7.11 Å². The van der Waals surface area contributed by atoms with E-state index in [1.54, 1.807) is 0 Å². The average molecular weight is 288 g/mol. The number of carboxylic acid groups (broad SMARTS) is 1. The van der Waals surface area contributed by atoms with Crippen LogP contribution in [0.25, 0.3) is 11.1 Å². The maximum Gasteiger partial charge on any atom is 0.339 e. The van der Waals surface area contributed by atoms with Gasteiger partial charge in [0.2, 0.25) is 0 Å². The van der Waals surface area contributed by atoms with Gasteiger partial charge >= 0.3 is 11.9 Å². The molecule has 0 amide bonds. The number of aryl methyl sites for hydroxylation is 1. The molecule has 7 nitrogen and oxygen atoms in total. The molecule has 2 rings (SSSR count). The summed E-state index contributed by atoms with van der Waals surface area (Å²) in [7, 11) is 2.54. The summed E-state index contributed by atoms with van der Waals surface area (Å²) in [6.45, 7) is 0. The lowest BCUT2D eigenvalue weighted by molar-refractivity contribution is 0.0583. The molecule has 0 aliphatic carbocycles. The van der Waals surface area contributed by atoms with Crippen molar-refractivity contribution in [2.24, 2.45) is 7.05 Å². The second kappa shape index (κ2) is 5.58. The van der Waals surface area contributed by atoms with Crippen LogP contribution >= 0.6 is 0 Å². The monoisotopic (exact) mass is 288 g/mol. The number of aromatic nitrogens is 2. The van der Waals surface area contributed by atoms with Crippen molar-refractivity contribution >= 4 is 11.9 Å². The van der Waals surface area contributed by atoms with Crippen molar-refractivity contribution in [3.8, 4) is 11.1 Å². The van der Waals surface area contributed by atoms with E-state index >= 15 is 0 Å². The van der Waals surface area contributed by atoms with Crippen LogP contribution in [0.3, 0.4) is 0 Å². The molecule has 108 valence electrons. The minimum absolute atomic E-state index is 0.0216. The fourth-order valence-electron chi connectivity index (χ4n) is 2.00. The Bertz CT molecular complexity index is 765. The quantitative estimate of drug-likeness (QED) is 0.844. The fourth-order valence-corrected chi connectivity index (χ4v) is 2.00. The van der Waals surface area contributed by atoms with Crippen molar-refractivity contribution in [3.05, 3.63) is 52.2 Å². The van der Waals surface area contributed by atoms with Crippen LogP contribution in [0.4, 0.5) is 0 Å². The largest absolute Gasteiger partial charge is 0.478 e. The molecule has 0 aromatic carbocycles. The van der Waals surface area contributed by atoms with Crippen molar-refractivity contribution in [1.82, 2.24) is 9.55 Å². The van der Waals surface area contributed by atoms with E-state index < -0.39 is 17.5 Å². The highest BCUT2D eigenvalue weighted by Gasteiger charge is 2.26. The molecular weight excluding hydrogens is 276 g/mol. The Morgan fingerprint density at radius 2 is 1.90 bits per heavy atom. The molecule has 0 atom stereocenters. The zero-order valence-electron chi connectivity index (χ0n) is 11.4. The minimum Gasteiger partial charge on any atom is -0.478 e. The van der Waals surface area contributed by atoms with Gasteiger partial charge in [0.1, 0.15) is 0 Å². The lowest BCUT2D eigenvalue weighted by atomic mass is 9.98. The van der Waals surface area contributed by atoms with E-state index in [1.807, 2.05) is 0 Å². The highest BCUT2D eigenvalue weighted by molar-refractivity contribution is 6.06. The molecule has 21 heavy (non-hydrogen) atoms. The van der Waals surface area contributed by atoms with Crippen LogP contribution in [0.2, 0.25) is 0 Å². The van der Waals surface area contributed by atoms with Crippen molar-refractivity contribution in [3.63, 3.8) is 0 Å². The highest BCUT2D eigenvalue weighted by atomic mass is 16.5. The first kappa shape index (κ1) is 14.4. The van der Waals surface area contributed by atoms with Crippen molar-refractivity contribution in [2.45, 2.75) is 0 Å². The number of methoxy groups -OCH3 is 1. The van der Waals surface area contributed by atoms with E-state index in [2.05, 4.69) is 9.72 Å². The van der Waals surface area contributed by atoms with E-state index in [-0.39, 0.29) is 16.7 Å². The molecule has 0 radical (unpaired) electrons. The maximum atomic E-state index is 12.3. The van der Waals surface area contributed by atoms with Gasteiger partial charge in [0.25, 0.3) is 5.56 Å². The van der Waals surface area contributed by atoms with Gasteiger partial charge in [-0.15, -0.1) is 0 Å². The molecule has 0 fully saturated rings. The van der Waals surface area contributed by atoms with E-state index in [1.165, 1.54) is 31.6 Å². The van der Waals surface area contributed by atoms with Crippen molar-refractivity contribution < 1.29 is 19.4 Å². The summed E-state index contributed by atoms with van der Waals surface area (Å²) in [4.78, 5) is 39.5. The number of esters is 1. The molecule has 0 saturated heterocycles. The summed E-state index contributed by atoms with van der Waals surface area (Å²) in [5.41, 5.74) is -0.678. The molecule has 0 aliphatic rings. The predicted octanol–water partition coefficient (Wildman–Crippen LogP) is 0.932. The lowest BCUT2D eigenvalue weighted by Gasteiger charge is -2.12. The van der Waals surface area contributed by atoms with Crippen LogP contribution in [0.5, 0.6) is 0 Å². The number of pyridine rings is 2. The first-order valence-corrected chi connectivity index (χ1v) is 5.93. The van der Waals surface area contributed by atoms with Gasteiger partial charge in [-0.05, 0) is 17.7 Å². The normalized spacial score (nSPS) is 10.2. The third-order valence-corrected chi connectivity index (χ3v) is 2.97. The Hall–Kier alpha value is -2.96. The zero-order chi connectivity index (χ0) is 15.6. The van der Waals surface area contributed by atoms with Crippen LogP contribution < -0.4 is 5.56 Å². The van der Waals surface area contributed by atoms with Crippen LogP contribution in [0.1, 0.15) is 20.7 Å². The molecule has 2 aromatic heterocycles. The van der Waals surface area contributed by atoms with Crippen LogP contribution in [-0.2, 0) is 11.8 Å². The van der Waals surface area contributed by atoms with Gasteiger partial charge in [0, 0.05) is 25.6 Å². The van der Waals surface area contributed by atoms with Gasteiger partial charge in [-0.25, -0.2) is 9.59 Å². The molecule has 0 spiro atoms. The molecule has 2 aromatic rings. The summed E-state index contributed by atoms with van der Waals surface area (Å²) < 4.78 is 5.73. The fraction of sp³-hybridized carbons (Fsp3) is 0.143. The van der Waals surface area contributed by atoms with Crippen molar-refractivity contribution in [1.29, 1.82) is 0 Å². The summed E-state index contributed by atoms with van der Waals surface area (Å²) >= 11 is 0. The average Bonchev–Trinajstić information content (AvgIpc) is 2.49. The molecule has 7 heteroatoms. The van der Waals surface area contributed by atoms with E-state index in [9.17, 15) is 19.5 Å². The third kappa shape index (κ3) is 2.53. The van der Waals surface area contributed by atoms with E-state index in [4.69, 9.17) is 0 Å². The van der Waals surface area contributed by atoms with Gasteiger partial charge < -0.3 is 14.4 Å². The van der Waals surface area contributed by atoms with Crippen LogP contribution in [-0.4, -0.2) is 33.7 Å². The number of hydrogen-bond donors (Lipinski definition) is 1. The molecular formula is C14H12N2O5. The van der Waals surface area contributed by atoms with Gasteiger partial charge in [0.15, 0.2) is 0 Å². The predicted molar refractivity (Wildman–Crippen MR) is 73.2 cm³/mol. The number of aromatic carboxylic acids is 1. The first-order chi connectivity index (χ1) is 9.97. The molecule has 1 N–H and O–H groups in total. The Kier molecular flexibility index (Phi) is 3.84. The third-order valence-electron chi connectivity index (χ3n) is 2.97. The van der Waals surface area contributed by atoms with Crippen LogP contribution in [0.15, 0.2) is 35.5 Å². The molecule has 0 unspecified atom stereocenters. The van der Waals surface area contributed by atoms with Gasteiger partial charge in [0.05, 0.1) is 23.8 Å². The SMILES string of the molecule is COC(=O)c1c(C(=O)O)cn(C)c(=O)c1-c1ccncc1. The number of ether oxygens (including phenoxy) is 1.